The molecule has 0 fully saturated rings. The molecule has 1 rings (SSSR count). The molecule has 0 spiro atoms. The number of hydrogen-bond donors (Lipinski definition) is 3. The summed E-state index contributed by atoms with van der Waals surface area (Å²) in [6, 6.07) is 1.41. The fourth-order valence-corrected chi connectivity index (χ4v) is 1.94. The highest BCUT2D eigenvalue weighted by atomic mass is 16.4. The Bertz CT molecular complexity index is 466. The van der Waals surface area contributed by atoms with Gasteiger partial charge in [0.2, 0.25) is 0 Å². The lowest BCUT2D eigenvalue weighted by Gasteiger charge is -2.28. The molecule has 0 saturated carbocycles. The number of carboxylic acid groups (broad SMARTS) is 1. The lowest BCUT2D eigenvalue weighted by atomic mass is 9.93. The molecule has 0 atom stereocenters. The smallest absolute Gasteiger partial charge is 0.329 e. The van der Waals surface area contributed by atoms with Gasteiger partial charge in [-0.3, -0.25) is 4.68 Å². The van der Waals surface area contributed by atoms with Crippen LogP contribution in [0.15, 0.2) is 12.3 Å². The second kappa shape index (κ2) is 6.93. The summed E-state index contributed by atoms with van der Waals surface area (Å²) in [5.41, 5.74) is -0.321. The zero-order valence-corrected chi connectivity index (χ0v) is 12.1. The average Bonchev–Trinajstić information content (AvgIpc) is 2.81. The van der Waals surface area contributed by atoms with Gasteiger partial charge in [0, 0.05) is 26.2 Å². The maximum atomic E-state index is 11.8. The minimum atomic E-state index is -1.20. The summed E-state index contributed by atoms with van der Waals surface area (Å²) in [6.45, 7) is 3.89. The third-order valence-corrected chi connectivity index (χ3v) is 3.40. The number of carbonyl (C=O) groups is 2. The van der Waals surface area contributed by atoms with Crippen molar-refractivity contribution in [1.82, 2.24) is 20.4 Å². The molecule has 112 valence electrons. The molecule has 0 aromatic carbocycles. The van der Waals surface area contributed by atoms with E-state index >= 15 is 0 Å². The summed E-state index contributed by atoms with van der Waals surface area (Å²) >= 11 is 0. The number of carbonyl (C=O) groups excluding carboxylic acids is 1. The molecule has 1 aromatic rings. The van der Waals surface area contributed by atoms with E-state index in [0.29, 0.717) is 25.8 Å². The first-order chi connectivity index (χ1) is 9.43. The molecule has 1 aromatic heterocycles. The standard InChI is InChI=1S/C13H22N4O3/c1-4-13(5-2,11(18)19)15-12(20)14-8-6-10-7-9-17(3)16-10/h7,9H,4-6,8H2,1-3H3,(H,18,19)(H2,14,15,20). The van der Waals surface area contributed by atoms with Crippen molar-refractivity contribution in [1.29, 1.82) is 0 Å². The fraction of sp³-hybridized carbons (Fsp3) is 0.615. The van der Waals surface area contributed by atoms with Crippen LogP contribution in [0.25, 0.3) is 0 Å². The molecule has 0 bridgehead atoms. The van der Waals surface area contributed by atoms with Gasteiger partial charge >= 0.3 is 12.0 Å². The number of aliphatic carboxylic acids is 1. The van der Waals surface area contributed by atoms with Crippen LogP contribution in [0.4, 0.5) is 4.79 Å². The summed E-state index contributed by atoms with van der Waals surface area (Å²) in [5.74, 6) is -1.01. The van der Waals surface area contributed by atoms with Crippen LogP contribution >= 0.6 is 0 Å². The van der Waals surface area contributed by atoms with Crippen molar-refractivity contribution in [2.24, 2.45) is 7.05 Å². The Balaban J connectivity index is 2.44. The molecule has 2 amide bonds. The van der Waals surface area contributed by atoms with Crippen LogP contribution in [0.1, 0.15) is 32.4 Å². The van der Waals surface area contributed by atoms with Crippen LogP contribution in [-0.2, 0) is 18.3 Å². The largest absolute Gasteiger partial charge is 0.480 e. The van der Waals surface area contributed by atoms with Crippen LogP contribution in [0.3, 0.4) is 0 Å². The quantitative estimate of drug-likeness (QED) is 0.692. The summed E-state index contributed by atoms with van der Waals surface area (Å²) in [6.07, 6.45) is 3.12. The van der Waals surface area contributed by atoms with Crippen LogP contribution < -0.4 is 10.6 Å². The van der Waals surface area contributed by atoms with E-state index in [1.807, 2.05) is 19.3 Å². The first-order valence-electron chi connectivity index (χ1n) is 6.71. The predicted molar refractivity (Wildman–Crippen MR) is 74.4 cm³/mol. The van der Waals surface area contributed by atoms with E-state index in [1.165, 1.54) is 0 Å². The number of carboxylic acids is 1. The summed E-state index contributed by atoms with van der Waals surface area (Å²) in [7, 11) is 1.83. The van der Waals surface area contributed by atoms with E-state index in [1.54, 1.807) is 18.5 Å². The number of aryl methyl sites for hydroxylation is 1. The zero-order valence-electron chi connectivity index (χ0n) is 12.1. The SMILES string of the molecule is CCC(CC)(NC(=O)NCCc1ccn(C)n1)C(=O)O. The van der Waals surface area contributed by atoms with Crippen LogP contribution in [-0.4, -0.2) is 39.0 Å². The van der Waals surface area contributed by atoms with Crippen molar-refractivity contribution in [2.75, 3.05) is 6.54 Å². The Labute approximate surface area is 118 Å². The first kappa shape index (κ1) is 16.0. The zero-order chi connectivity index (χ0) is 15.2. The first-order valence-corrected chi connectivity index (χ1v) is 6.71. The van der Waals surface area contributed by atoms with Crippen LogP contribution in [0.2, 0.25) is 0 Å². The molecular weight excluding hydrogens is 260 g/mol. The summed E-state index contributed by atoms with van der Waals surface area (Å²) in [4.78, 5) is 23.0. The van der Waals surface area contributed by atoms with Gasteiger partial charge in [0.15, 0.2) is 0 Å². The van der Waals surface area contributed by atoms with Gasteiger partial charge in [-0.05, 0) is 18.9 Å². The Morgan fingerprint density at radius 3 is 2.50 bits per heavy atom. The Kier molecular flexibility index (Phi) is 5.54. The molecular formula is C13H22N4O3. The number of hydrogen-bond acceptors (Lipinski definition) is 3. The van der Waals surface area contributed by atoms with Crippen molar-refractivity contribution >= 4 is 12.0 Å². The van der Waals surface area contributed by atoms with E-state index in [-0.39, 0.29) is 0 Å². The van der Waals surface area contributed by atoms with E-state index in [0.717, 1.165) is 5.69 Å². The third-order valence-electron chi connectivity index (χ3n) is 3.40. The van der Waals surface area contributed by atoms with Crippen LogP contribution in [0, 0.1) is 0 Å². The van der Waals surface area contributed by atoms with Crippen molar-refractivity contribution < 1.29 is 14.7 Å². The lowest BCUT2D eigenvalue weighted by molar-refractivity contribution is -0.144. The third kappa shape index (κ3) is 3.97. The Morgan fingerprint density at radius 2 is 2.05 bits per heavy atom. The minimum absolute atomic E-state index is 0.340. The maximum absolute atomic E-state index is 11.8. The minimum Gasteiger partial charge on any atom is -0.480 e. The van der Waals surface area contributed by atoms with Gasteiger partial charge in [-0.25, -0.2) is 9.59 Å². The van der Waals surface area contributed by atoms with Crippen molar-refractivity contribution in [3.05, 3.63) is 18.0 Å². The second-order valence-electron chi connectivity index (χ2n) is 4.71. The van der Waals surface area contributed by atoms with E-state index in [4.69, 9.17) is 0 Å². The average molecular weight is 282 g/mol. The highest BCUT2D eigenvalue weighted by Crippen LogP contribution is 2.15. The number of rotatable bonds is 7. The monoisotopic (exact) mass is 282 g/mol. The summed E-state index contributed by atoms with van der Waals surface area (Å²) < 4.78 is 1.69. The highest BCUT2D eigenvalue weighted by molar-refractivity contribution is 5.86. The molecule has 20 heavy (non-hydrogen) atoms. The van der Waals surface area contributed by atoms with Gasteiger partial charge in [-0.2, -0.15) is 5.10 Å². The molecule has 0 aliphatic rings. The van der Waals surface area contributed by atoms with Gasteiger partial charge in [0.05, 0.1) is 5.69 Å². The normalized spacial score (nSPS) is 11.2. The van der Waals surface area contributed by atoms with Crippen molar-refractivity contribution in [3.8, 4) is 0 Å². The molecule has 0 radical (unpaired) electrons. The number of nitrogens with zero attached hydrogens (tertiary/aromatic N) is 2. The van der Waals surface area contributed by atoms with Crippen LogP contribution in [0.5, 0.6) is 0 Å². The fourth-order valence-electron chi connectivity index (χ4n) is 1.94. The maximum Gasteiger partial charge on any atom is 0.329 e. The number of nitrogens with one attached hydrogen (secondary N) is 2. The molecule has 0 unspecified atom stereocenters. The predicted octanol–water partition coefficient (Wildman–Crippen LogP) is 0.905. The molecule has 0 saturated heterocycles. The molecule has 7 heteroatoms. The molecule has 1 heterocycles. The van der Waals surface area contributed by atoms with Gasteiger partial charge in [0.25, 0.3) is 0 Å². The molecule has 3 N–H and O–H groups in total. The van der Waals surface area contributed by atoms with E-state index in [2.05, 4.69) is 15.7 Å². The van der Waals surface area contributed by atoms with E-state index < -0.39 is 17.5 Å². The van der Waals surface area contributed by atoms with Gasteiger partial charge in [-0.1, -0.05) is 13.8 Å². The Hall–Kier alpha value is -2.05. The lowest BCUT2D eigenvalue weighted by Crippen LogP contribution is -2.56. The molecule has 0 aliphatic heterocycles. The summed E-state index contributed by atoms with van der Waals surface area (Å²) in [5, 5.41) is 18.6. The van der Waals surface area contributed by atoms with Gasteiger partial charge < -0.3 is 15.7 Å². The molecule has 7 nitrogen and oxygen atoms in total. The van der Waals surface area contributed by atoms with Gasteiger partial charge in [-0.15, -0.1) is 0 Å². The van der Waals surface area contributed by atoms with Crippen molar-refractivity contribution in [2.45, 2.75) is 38.6 Å². The number of urea groups is 1. The topological polar surface area (TPSA) is 96.3 Å². The Morgan fingerprint density at radius 1 is 1.40 bits per heavy atom. The highest BCUT2D eigenvalue weighted by Gasteiger charge is 2.36. The molecule has 0 aliphatic carbocycles. The number of aromatic nitrogens is 2. The number of amides is 2. The second-order valence-corrected chi connectivity index (χ2v) is 4.71. The van der Waals surface area contributed by atoms with Crippen molar-refractivity contribution in [3.63, 3.8) is 0 Å². The van der Waals surface area contributed by atoms with Gasteiger partial charge in [0.1, 0.15) is 5.54 Å². The van der Waals surface area contributed by atoms with E-state index in [9.17, 15) is 14.7 Å².